The highest BCUT2D eigenvalue weighted by molar-refractivity contribution is 7.91. The van der Waals surface area contributed by atoms with E-state index in [1.165, 1.54) is 18.2 Å². The lowest BCUT2D eigenvalue weighted by molar-refractivity contribution is 0.112. The van der Waals surface area contributed by atoms with Crippen molar-refractivity contribution < 1.29 is 13.7 Å². The fourth-order valence-electron chi connectivity index (χ4n) is 2.04. The van der Waals surface area contributed by atoms with E-state index in [9.17, 15) is 13.7 Å². The van der Waals surface area contributed by atoms with Crippen molar-refractivity contribution in [3.05, 3.63) is 58.9 Å². The number of hydrogen-bond acceptors (Lipinski definition) is 2. The van der Waals surface area contributed by atoms with Gasteiger partial charge >= 0.3 is 0 Å². The quantitative estimate of drug-likeness (QED) is 0.590. The minimum Gasteiger partial charge on any atom is -0.606 e. The second kappa shape index (κ2) is 4.64. The lowest BCUT2D eigenvalue weighted by Crippen LogP contribution is -2.05. The molecule has 0 bridgehead atoms. The number of fused-ring (bicyclic) bond motifs is 2. The molecule has 0 N–H and O–H groups in total. The van der Waals surface area contributed by atoms with Crippen LogP contribution in [0.25, 0.3) is 12.2 Å². The Morgan fingerprint density at radius 1 is 1.00 bits per heavy atom. The molecule has 1 atom stereocenters. The highest BCUT2D eigenvalue weighted by Gasteiger charge is 2.24. The minimum atomic E-state index is -1.42. The molecule has 0 spiro atoms. The van der Waals surface area contributed by atoms with Crippen molar-refractivity contribution in [3.8, 4) is 0 Å². The molecule has 19 heavy (non-hydrogen) atoms. The maximum atomic E-state index is 13.2. The van der Waals surface area contributed by atoms with Crippen LogP contribution in [-0.2, 0) is 11.2 Å². The van der Waals surface area contributed by atoms with E-state index in [1.807, 2.05) is 0 Å². The number of aldehydes is 1. The largest absolute Gasteiger partial charge is 0.606 e. The summed E-state index contributed by atoms with van der Waals surface area (Å²) in [6.45, 7) is 0. The number of benzene rings is 2. The molecule has 1 aliphatic rings. The van der Waals surface area contributed by atoms with Crippen LogP contribution in [0.15, 0.2) is 46.2 Å². The van der Waals surface area contributed by atoms with Gasteiger partial charge < -0.3 is 4.55 Å². The summed E-state index contributed by atoms with van der Waals surface area (Å²) in [7, 11) is 0. The topological polar surface area (TPSA) is 40.1 Å². The molecule has 0 aromatic heterocycles. The van der Waals surface area contributed by atoms with Gasteiger partial charge in [-0.3, -0.25) is 4.79 Å². The maximum Gasteiger partial charge on any atom is 0.166 e. The van der Waals surface area contributed by atoms with Gasteiger partial charge in [0.2, 0.25) is 0 Å². The average Bonchev–Trinajstić information content (AvgIpc) is 2.56. The summed E-state index contributed by atoms with van der Waals surface area (Å²) in [4.78, 5) is 11.9. The van der Waals surface area contributed by atoms with Gasteiger partial charge in [-0.25, -0.2) is 4.39 Å². The molecule has 0 saturated carbocycles. The van der Waals surface area contributed by atoms with Crippen LogP contribution in [-0.4, -0.2) is 10.8 Å². The van der Waals surface area contributed by atoms with E-state index in [0.717, 1.165) is 11.8 Å². The first-order valence-corrected chi connectivity index (χ1v) is 6.82. The Morgan fingerprint density at radius 3 is 2.58 bits per heavy atom. The number of carbonyl (C=O) groups is 1. The van der Waals surface area contributed by atoms with Crippen molar-refractivity contribution in [3.63, 3.8) is 0 Å². The van der Waals surface area contributed by atoms with Crippen molar-refractivity contribution >= 4 is 29.6 Å². The zero-order valence-electron chi connectivity index (χ0n) is 9.80. The van der Waals surface area contributed by atoms with Crippen LogP contribution in [0.3, 0.4) is 0 Å². The monoisotopic (exact) mass is 272 g/mol. The second-order valence-electron chi connectivity index (χ2n) is 4.20. The molecule has 0 fully saturated rings. The fraction of sp³-hybridized carbons (Fsp3) is 0. The average molecular weight is 272 g/mol. The summed E-state index contributed by atoms with van der Waals surface area (Å²) in [5.74, 6) is -0.361. The molecule has 94 valence electrons. The first-order chi connectivity index (χ1) is 9.19. The Hall–Kier alpha value is -1.91. The van der Waals surface area contributed by atoms with Gasteiger partial charge in [-0.05, 0) is 36.4 Å². The van der Waals surface area contributed by atoms with E-state index in [2.05, 4.69) is 0 Å². The van der Waals surface area contributed by atoms with Crippen LogP contribution >= 0.6 is 0 Å². The van der Waals surface area contributed by atoms with Crippen LogP contribution in [0.5, 0.6) is 0 Å². The molecule has 0 saturated heterocycles. The highest BCUT2D eigenvalue weighted by Crippen LogP contribution is 2.32. The summed E-state index contributed by atoms with van der Waals surface area (Å²) in [6.07, 6.45) is 4.24. The third-order valence-electron chi connectivity index (χ3n) is 2.99. The van der Waals surface area contributed by atoms with Gasteiger partial charge in [-0.2, -0.15) is 0 Å². The Morgan fingerprint density at radius 2 is 1.79 bits per heavy atom. The van der Waals surface area contributed by atoms with E-state index < -0.39 is 11.2 Å². The molecular formula is C15H9FO2S. The van der Waals surface area contributed by atoms with Crippen molar-refractivity contribution in [2.24, 2.45) is 0 Å². The zero-order valence-corrected chi connectivity index (χ0v) is 10.6. The van der Waals surface area contributed by atoms with Crippen LogP contribution in [0, 0.1) is 5.82 Å². The molecule has 0 radical (unpaired) electrons. The minimum absolute atomic E-state index is 0.361. The normalized spacial score (nSPS) is 16.4. The first-order valence-electron chi connectivity index (χ1n) is 5.68. The van der Waals surface area contributed by atoms with Crippen molar-refractivity contribution in [1.29, 1.82) is 0 Å². The molecule has 2 aromatic rings. The molecule has 4 heteroatoms. The second-order valence-corrected chi connectivity index (χ2v) is 5.62. The Kier molecular flexibility index (Phi) is 2.97. The zero-order chi connectivity index (χ0) is 13.4. The Labute approximate surface area is 112 Å². The highest BCUT2D eigenvalue weighted by atomic mass is 32.2. The van der Waals surface area contributed by atoms with Gasteiger partial charge in [0.1, 0.15) is 12.1 Å². The molecule has 1 aliphatic heterocycles. The third kappa shape index (κ3) is 2.09. The van der Waals surface area contributed by atoms with Gasteiger partial charge in [0.15, 0.2) is 9.79 Å². The first kappa shape index (κ1) is 12.1. The standard InChI is InChI=1S/C15H9FO2S/c16-13-5-6-14-12(8-13)4-3-11-2-1-10(9-17)7-15(11)19(14)18/h1-9H. The number of hydrogen-bond donors (Lipinski definition) is 0. The SMILES string of the molecule is O=Cc1ccc2c(c1)[S+]([O-])c1ccc(F)cc1C=C2. The van der Waals surface area contributed by atoms with E-state index >= 15 is 0 Å². The van der Waals surface area contributed by atoms with Gasteiger partial charge in [-0.1, -0.05) is 6.07 Å². The third-order valence-corrected chi connectivity index (χ3v) is 4.51. The van der Waals surface area contributed by atoms with E-state index in [4.69, 9.17) is 0 Å². The Balaban J connectivity index is 2.22. The summed E-state index contributed by atoms with van der Waals surface area (Å²) < 4.78 is 25.8. The summed E-state index contributed by atoms with van der Waals surface area (Å²) in [5, 5.41) is 0. The lowest BCUT2D eigenvalue weighted by atomic mass is 10.1. The molecule has 0 amide bonds. The van der Waals surface area contributed by atoms with Gasteiger partial charge in [0.25, 0.3) is 0 Å². The smallest absolute Gasteiger partial charge is 0.166 e. The van der Waals surface area contributed by atoms with Gasteiger partial charge in [-0.15, -0.1) is 0 Å². The van der Waals surface area contributed by atoms with Gasteiger partial charge in [0.05, 0.1) is 0 Å². The Bertz CT molecular complexity index is 695. The van der Waals surface area contributed by atoms with Crippen LogP contribution in [0.4, 0.5) is 4.39 Å². The molecule has 0 aliphatic carbocycles. The predicted octanol–water partition coefficient (Wildman–Crippen LogP) is 3.29. The van der Waals surface area contributed by atoms with Crippen molar-refractivity contribution in [1.82, 2.24) is 0 Å². The summed E-state index contributed by atoms with van der Waals surface area (Å²) >= 11 is -1.42. The number of rotatable bonds is 1. The summed E-state index contributed by atoms with van der Waals surface area (Å²) in [6, 6.07) is 9.20. The molecular weight excluding hydrogens is 263 g/mol. The molecule has 1 unspecified atom stereocenters. The van der Waals surface area contributed by atoms with Crippen LogP contribution < -0.4 is 0 Å². The van der Waals surface area contributed by atoms with E-state index in [-0.39, 0.29) is 5.82 Å². The summed E-state index contributed by atoms with van der Waals surface area (Å²) in [5.41, 5.74) is 1.86. The lowest BCUT2D eigenvalue weighted by Gasteiger charge is -2.12. The van der Waals surface area contributed by atoms with E-state index in [1.54, 1.807) is 30.4 Å². The fourth-order valence-corrected chi connectivity index (χ4v) is 3.40. The van der Waals surface area contributed by atoms with Crippen LogP contribution in [0.1, 0.15) is 21.5 Å². The number of carbonyl (C=O) groups excluding carboxylic acids is 1. The van der Waals surface area contributed by atoms with Crippen molar-refractivity contribution in [2.75, 3.05) is 0 Å². The van der Waals surface area contributed by atoms with Crippen LogP contribution in [0.2, 0.25) is 0 Å². The molecule has 3 rings (SSSR count). The van der Waals surface area contributed by atoms with E-state index in [0.29, 0.717) is 20.9 Å². The van der Waals surface area contributed by atoms with Gasteiger partial charge in [0, 0.05) is 33.9 Å². The predicted molar refractivity (Wildman–Crippen MR) is 71.8 cm³/mol. The number of halogens is 1. The molecule has 1 heterocycles. The maximum absolute atomic E-state index is 13.2. The molecule has 2 nitrogen and oxygen atoms in total. The van der Waals surface area contributed by atoms with Crippen molar-refractivity contribution in [2.45, 2.75) is 9.79 Å². The molecule has 2 aromatic carbocycles.